The van der Waals surface area contributed by atoms with Crippen LogP contribution >= 0.6 is 0 Å². The van der Waals surface area contributed by atoms with E-state index in [9.17, 15) is 9.18 Å². The van der Waals surface area contributed by atoms with Crippen LogP contribution in [0.4, 0.5) is 4.39 Å². The van der Waals surface area contributed by atoms with Crippen molar-refractivity contribution in [3.63, 3.8) is 0 Å². The fourth-order valence-electron chi connectivity index (χ4n) is 2.22. The van der Waals surface area contributed by atoms with Gasteiger partial charge >= 0.3 is 5.97 Å². The van der Waals surface area contributed by atoms with E-state index in [-0.39, 0.29) is 11.7 Å². The zero-order valence-electron chi connectivity index (χ0n) is 11.6. The first-order valence-electron chi connectivity index (χ1n) is 6.68. The van der Waals surface area contributed by atoms with Crippen molar-refractivity contribution < 1.29 is 19.0 Å². The number of halogens is 1. The molecule has 1 aromatic heterocycles. The van der Waals surface area contributed by atoms with Gasteiger partial charge in [-0.25, -0.2) is 9.18 Å². The number of carboxylic acid groups (broad SMARTS) is 1. The molecule has 1 heterocycles. The van der Waals surface area contributed by atoms with Gasteiger partial charge in [-0.2, -0.15) is 0 Å². The normalized spacial score (nSPS) is 10.8. The molecule has 0 atom stereocenters. The molecule has 112 valence electrons. The van der Waals surface area contributed by atoms with Crippen LogP contribution in [0.2, 0.25) is 0 Å². The molecule has 3 rings (SSSR count). The predicted molar refractivity (Wildman–Crippen MR) is 78.4 cm³/mol. The highest BCUT2D eigenvalue weighted by molar-refractivity contribution is 5.85. The summed E-state index contributed by atoms with van der Waals surface area (Å²) >= 11 is 0. The minimum Gasteiger partial charge on any atom is -0.479 e. The van der Waals surface area contributed by atoms with E-state index in [4.69, 9.17) is 9.84 Å². The third-order valence-corrected chi connectivity index (χ3v) is 3.20. The fourth-order valence-corrected chi connectivity index (χ4v) is 2.22. The summed E-state index contributed by atoms with van der Waals surface area (Å²) in [4.78, 5) is 10.6. The van der Waals surface area contributed by atoms with E-state index in [0.717, 1.165) is 16.5 Å². The molecule has 0 fully saturated rings. The van der Waals surface area contributed by atoms with E-state index in [1.54, 1.807) is 16.8 Å². The SMILES string of the molecule is O=C(O)COc1nn(Cc2ccc(F)cc2)c2ccccc12. The van der Waals surface area contributed by atoms with Crippen LogP contribution in [0.1, 0.15) is 5.56 Å². The van der Waals surface area contributed by atoms with Gasteiger partial charge in [0, 0.05) is 0 Å². The van der Waals surface area contributed by atoms with Gasteiger partial charge in [0.25, 0.3) is 0 Å². The summed E-state index contributed by atoms with van der Waals surface area (Å²) in [7, 11) is 0. The van der Waals surface area contributed by atoms with Crippen LogP contribution < -0.4 is 4.74 Å². The molecule has 2 aromatic carbocycles. The Kier molecular flexibility index (Phi) is 3.74. The van der Waals surface area contributed by atoms with Gasteiger partial charge in [0.05, 0.1) is 17.4 Å². The van der Waals surface area contributed by atoms with Crippen LogP contribution in [0.3, 0.4) is 0 Å². The summed E-state index contributed by atoms with van der Waals surface area (Å²) in [5.41, 5.74) is 1.71. The molecule has 0 amide bonds. The smallest absolute Gasteiger partial charge is 0.341 e. The maximum absolute atomic E-state index is 13.0. The first-order valence-corrected chi connectivity index (χ1v) is 6.68. The van der Waals surface area contributed by atoms with Crippen LogP contribution in [0.5, 0.6) is 5.88 Å². The number of hydrogen-bond acceptors (Lipinski definition) is 3. The highest BCUT2D eigenvalue weighted by Crippen LogP contribution is 2.25. The lowest BCUT2D eigenvalue weighted by molar-refractivity contribution is -0.139. The second-order valence-corrected chi connectivity index (χ2v) is 4.79. The van der Waals surface area contributed by atoms with Crippen molar-refractivity contribution in [1.29, 1.82) is 0 Å². The van der Waals surface area contributed by atoms with Crippen molar-refractivity contribution in [3.8, 4) is 5.88 Å². The fraction of sp³-hybridized carbons (Fsp3) is 0.125. The summed E-state index contributed by atoms with van der Waals surface area (Å²) in [6.45, 7) is -0.00518. The molecular weight excluding hydrogens is 287 g/mol. The number of benzene rings is 2. The molecule has 1 N–H and O–H groups in total. The van der Waals surface area contributed by atoms with Crippen molar-refractivity contribution >= 4 is 16.9 Å². The maximum Gasteiger partial charge on any atom is 0.341 e. The van der Waals surface area contributed by atoms with E-state index >= 15 is 0 Å². The van der Waals surface area contributed by atoms with Crippen molar-refractivity contribution in [2.24, 2.45) is 0 Å². The molecule has 3 aromatic rings. The number of ether oxygens (including phenoxy) is 1. The topological polar surface area (TPSA) is 64.3 Å². The number of rotatable bonds is 5. The molecule has 5 nitrogen and oxygen atoms in total. The van der Waals surface area contributed by atoms with Crippen LogP contribution in [-0.2, 0) is 11.3 Å². The van der Waals surface area contributed by atoms with Gasteiger partial charge in [0.2, 0.25) is 5.88 Å². The summed E-state index contributed by atoms with van der Waals surface area (Å²) in [5, 5.41) is 13.8. The van der Waals surface area contributed by atoms with E-state index < -0.39 is 12.6 Å². The molecule has 0 spiro atoms. The van der Waals surface area contributed by atoms with E-state index in [0.29, 0.717) is 6.54 Å². The third-order valence-electron chi connectivity index (χ3n) is 3.20. The number of hydrogen-bond donors (Lipinski definition) is 1. The Morgan fingerprint density at radius 1 is 1.18 bits per heavy atom. The van der Waals surface area contributed by atoms with Gasteiger partial charge in [-0.15, -0.1) is 5.10 Å². The average molecular weight is 300 g/mol. The Labute approximate surface area is 125 Å². The predicted octanol–water partition coefficient (Wildman–Crippen LogP) is 2.69. The summed E-state index contributed by atoms with van der Waals surface area (Å²) in [6.07, 6.45) is 0. The molecule has 0 aliphatic heterocycles. The Hall–Kier alpha value is -2.89. The largest absolute Gasteiger partial charge is 0.479 e. The highest BCUT2D eigenvalue weighted by Gasteiger charge is 2.12. The van der Waals surface area contributed by atoms with E-state index in [1.165, 1.54) is 12.1 Å². The standard InChI is InChI=1S/C16H13FN2O3/c17-12-7-5-11(6-8-12)9-19-14-4-2-1-3-13(14)16(18-19)22-10-15(20)21/h1-8H,9-10H2,(H,20,21). The van der Waals surface area contributed by atoms with Gasteiger partial charge in [0.1, 0.15) is 5.82 Å². The van der Waals surface area contributed by atoms with Gasteiger partial charge in [0.15, 0.2) is 6.61 Å². The Bertz CT molecular complexity index is 812. The Balaban J connectivity index is 1.95. The second-order valence-electron chi connectivity index (χ2n) is 4.79. The molecule has 6 heteroatoms. The third kappa shape index (κ3) is 2.90. The monoisotopic (exact) mass is 300 g/mol. The summed E-state index contributed by atoms with van der Waals surface area (Å²) in [6, 6.07) is 13.5. The molecule has 0 radical (unpaired) electrons. The van der Waals surface area contributed by atoms with E-state index in [2.05, 4.69) is 5.10 Å². The summed E-state index contributed by atoms with van der Waals surface area (Å²) < 4.78 is 19.9. The number of carbonyl (C=O) groups is 1. The van der Waals surface area contributed by atoms with Gasteiger partial charge in [-0.1, -0.05) is 24.3 Å². The van der Waals surface area contributed by atoms with Crippen LogP contribution in [-0.4, -0.2) is 27.5 Å². The summed E-state index contributed by atoms with van der Waals surface area (Å²) in [5.74, 6) is -1.07. The van der Waals surface area contributed by atoms with E-state index in [1.807, 2.05) is 24.3 Å². The first kappa shape index (κ1) is 14.1. The van der Waals surface area contributed by atoms with Crippen LogP contribution in [0.15, 0.2) is 48.5 Å². The lowest BCUT2D eigenvalue weighted by atomic mass is 10.2. The molecule has 0 unspecified atom stereocenters. The van der Waals surface area contributed by atoms with Crippen molar-refractivity contribution in [2.75, 3.05) is 6.61 Å². The number of nitrogens with zero attached hydrogens (tertiary/aromatic N) is 2. The zero-order chi connectivity index (χ0) is 15.5. The maximum atomic E-state index is 13.0. The molecule has 0 saturated carbocycles. The van der Waals surface area contributed by atoms with Gasteiger partial charge in [-0.05, 0) is 29.8 Å². The Morgan fingerprint density at radius 3 is 2.64 bits per heavy atom. The number of fused-ring (bicyclic) bond motifs is 1. The van der Waals surface area contributed by atoms with Gasteiger partial charge in [-0.3, -0.25) is 4.68 Å². The number of aromatic nitrogens is 2. The Morgan fingerprint density at radius 2 is 1.91 bits per heavy atom. The molecule has 0 aliphatic rings. The molecule has 22 heavy (non-hydrogen) atoms. The second kappa shape index (κ2) is 5.85. The van der Waals surface area contributed by atoms with Crippen molar-refractivity contribution in [1.82, 2.24) is 9.78 Å². The molecule has 0 aliphatic carbocycles. The van der Waals surface area contributed by atoms with Crippen molar-refractivity contribution in [2.45, 2.75) is 6.54 Å². The number of para-hydroxylation sites is 1. The van der Waals surface area contributed by atoms with Crippen molar-refractivity contribution in [3.05, 3.63) is 59.9 Å². The quantitative estimate of drug-likeness (QED) is 0.787. The lowest BCUT2D eigenvalue weighted by Gasteiger charge is -2.03. The minimum absolute atomic E-state index is 0.278. The van der Waals surface area contributed by atoms with Crippen LogP contribution in [0, 0.1) is 5.82 Å². The highest BCUT2D eigenvalue weighted by atomic mass is 19.1. The minimum atomic E-state index is -1.06. The number of carboxylic acids is 1. The molecule has 0 saturated heterocycles. The average Bonchev–Trinajstić information content (AvgIpc) is 2.86. The first-order chi connectivity index (χ1) is 10.6. The van der Waals surface area contributed by atoms with Crippen LogP contribution in [0.25, 0.3) is 10.9 Å². The van der Waals surface area contributed by atoms with Gasteiger partial charge < -0.3 is 9.84 Å². The molecular formula is C16H13FN2O3. The number of aliphatic carboxylic acids is 1. The lowest BCUT2D eigenvalue weighted by Crippen LogP contribution is -2.10. The zero-order valence-corrected chi connectivity index (χ0v) is 11.6. The molecule has 0 bridgehead atoms.